The molecule has 2 aliphatic heterocycles. The molecule has 1 saturated heterocycles. The Bertz CT molecular complexity index is 1110. The fourth-order valence-corrected chi connectivity index (χ4v) is 4.70. The highest BCUT2D eigenvalue weighted by atomic mass is 16.5. The molecule has 0 atom stereocenters. The summed E-state index contributed by atoms with van der Waals surface area (Å²) in [6, 6.07) is 8.22. The number of amides is 2. The van der Waals surface area contributed by atoms with Crippen molar-refractivity contribution < 1.29 is 24.5 Å². The molecule has 0 saturated carbocycles. The van der Waals surface area contributed by atoms with Crippen molar-refractivity contribution in [3.63, 3.8) is 0 Å². The molecular formula is C27H36N4O5. The maximum atomic E-state index is 13.3. The van der Waals surface area contributed by atoms with E-state index < -0.39 is 11.8 Å². The maximum absolute atomic E-state index is 13.3. The van der Waals surface area contributed by atoms with Gasteiger partial charge in [0.15, 0.2) is 0 Å². The van der Waals surface area contributed by atoms with Crippen LogP contribution in [0.15, 0.2) is 30.3 Å². The summed E-state index contributed by atoms with van der Waals surface area (Å²) in [5.74, 6) is -0.715. The fourth-order valence-electron chi connectivity index (χ4n) is 4.70. The molecule has 2 aromatic carbocycles. The lowest BCUT2D eigenvalue weighted by molar-refractivity contribution is 0.0748. The molecule has 2 aromatic rings. The third-order valence-electron chi connectivity index (χ3n) is 6.94. The molecule has 0 spiro atoms. The number of likely N-dealkylation sites (N-methyl/N-ethyl adjacent to an activating group) is 1. The maximum Gasteiger partial charge on any atom is 0.258 e. The fraction of sp³-hybridized carbons (Fsp3) is 0.481. The third kappa shape index (κ3) is 5.74. The zero-order valence-corrected chi connectivity index (χ0v) is 21.4. The van der Waals surface area contributed by atoms with Crippen LogP contribution in [-0.4, -0.2) is 102 Å². The first-order valence-corrected chi connectivity index (χ1v) is 12.5. The number of fused-ring (bicyclic) bond motifs is 1. The van der Waals surface area contributed by atoms with Crippen LogP contribution in [0.25, 0.3) is 0 Å². The van der Waals surface area contributed by atoms with E-state index in [9.17, 15) is 19.8 Å². The standard InChI is InChI=1S/C27H36N4O5/c1-4-7-29(3)26(34)22-15-23(25(33)16-24(22)32)27(35)31-17-19-5-6-21(14-20(19)18-31)36-13-12-30-10-8-28(2)9-11-30/h5-6,14-16,32-33H,4,7-13,17-18H2,1-3H3. The number of benzene rings is 2. The molecule has 194 valence electrons. The predicted molar refractivity (Wildman–Crippen MR) is 136 cm³/mol. The zero-order valence-electron chi connectivity index (χ0n) is 21.4. The van der Waals surface area contributed by atoms with Crippen molar-refractivity contribution in [1.82, 2.24) is 19.6 Å². The van der Waals surface area contributed by atoms with Gasteiger partial charge in [-0.3, -0.25) is 14.5 Å². The largest absolute Gasteiger partial charge is 0.507 e. The summed E-state index contributed by atoms with van der Waals surface area (Å²) >= 11 is 0. The Morgan fingerprint density at radius 2 is 1.67 bits per heavy atom. The van der Waals surface area contributed by atoms with E-state index in [4.69, 9.17) is 4.74 Å². The van der Waals surface area contributed by atoms with Crippen molar-refractivity contribution in [2.24, 2.45) is 0 Å². The summed E-state index contributed by atoms with van der Waals surface area (Å²) < 4.78 is 5.99. The van der Waals surface area contributed by atoms with Gasteiger partial charge in [-0.15, -0.1) is 0 Å². The average Bonchev–Trinajstić information content (AvgIpc) is 3.28. The van der Waals surface area contributed by atoms with E-state index in [1.54, 1.807) is 11.9 Å². The number of hydrogen-bond acceptors (Lipinski definition) is 7. The molecule has 9 nitrogen and oxygen atoms in total. The number of phenols is 2. The van der Waals surface area contributed by atoms with Gasteiger partial charge < -0.3 is 29.6 Å². The second-order valence-electron chi connectivity index (χ2n) is 9.70. The number of rotatable bonds is 8. The smallest absolute Gasteiger partial charge is 0.258 e. The first kappa shape index (κ1) is 25.8. The van der Waals surface area contributed by atoms with Gasteiger partial charge >= 0.3 is 0 Å². The number of piperazine rings is 1. The van der Waals surface area contributed by atoms with Gasteiger partial charge in [0.25, 0.3) is 11.8 Å². The molecule has 9 heteroatoms. The van der Waals surface area contributed by atoms with Crippen LogP contribution in [0, 0.1) is 0 Å². The van der Waals surface area contributed by atoms with Crippen molar-refractivity contribution in [1.29, 1.82) is 0 Å². The summed E-state index contributed by atoms with van der Waals surface area (Å²) in [6.45, 7) is 8.97. The van der Waals surface area contributed by atoms with Gasteiger partial charge in [-0.05, 0) is 42.8 Å². The summed E-state index contributed by atoms with van der Waals surface area (Å²) in [7, 11) is 3.78. The van der Waals surface area contributed by atoms with Gasteiger partial charge in [0.2, 0.25) is 0 Å². The molecule has 1 fully saturated rings. The topological polar surface area (TPSA) is 96.8 Å². The lowest BCUT2D eigenvalue weighted by atomic mass is 10.1. The van der Waals surface area contributed by atoms with Crippen LogP contribution in [-0.2, 0) is 13.1 Å². The number of nitrogens with zero attached hydrogens (tertiary/aromatic N) is 4. The van der Waals surface area contributed by atoms with Gasteiger partial charge in [0, 0.05) is 65.5 Å². The van der Waals surface area contributed by atoms with Crippen LogP contribution in [0.5, 0.6) is 17.2 Å². The van der Waals surface area contributed by atoms with Crippen molar-refractivity contribution in [2.45, 2.75) is 26.4 Å². The Hall–Kier alpha value is -3.30. The number of ether oxygens (including phenoxy) is 1. The average molecular weight is 497 g/mol. The molecule has 0 radical (unpaired) electrons. The quantitative estimate of drug-likeness (QED) is 0.579. The van der Waals surface area contributed by atoms with Crippen LogP contribution in [0.2, 0.25) is 0 Å². The second kappa shape index (κ2) is 11.2. The van der Waals surface area contributed by atoms with Gasteiger partial charge in [-0.2, -0.15) is 0 Å². The molecule has 4 rings (SSSR count). The molecule has 2 N–H and O–H groups in total. The lowest BCUT2D eigenvalue weighted by Crippen LogP contribution is -2.45. The summed E-state index contributed by atoms with van der Waals surface area (Å²) in [5, 5.41) is 20.6. The van der Waals surface area contributed by atoms with E-state index in [0.29, 0.717) is 26.2 Å². The van der Waals surface area contributed by atoms with Crippen LogP contribution in [0.4, 0.5) is 0 Å². The van der Waals surface area contributed by atoms with E-state index in [1.165, 1.54) is 11.0 Å². The van der Waals surface area contributed by atoms with Crippen LogP contribution < -0.4 is 4.74 Å². The molecular weight excluding hydrogens is 460 g/mol. The van der Waals surface area contributed by atoms with E-state index in [1.807, 2.05) is 25.1 Å². The van der Waals surface area contributed by atoms with Crippen molar-refractivity contribution in [3.05, 3.63) is 52.6 Å². The minimum absolute atomic E-state index is 0.000141. The van der Waals surface area contributed by atoms with Crippen molar-refractivity contribution in [3.8, 4) is 17.2 Å². The highest BCUT2D eigenvalue weighted by Gasteiger charge is 2.28. The minimum Gasteiger partial charge on any atom is -0.507 e. The molecule has 0 unspecified atom stereocenters. The number of carbonyl (C=O) groups excluding carboxylic acids is 2. The summed E-state index contributed by atoms with van der Waals surface area (Å²) in [5.41, 5.74) is 2.02. The molecule has 2 amide bonds. The lowest BCUT2D eigenvalue weighted by Gasteiger charge is -2.32. The molecule has 2 aliphatic rings. The van der Waals surface area contributed by atoms with Gasteiger partial charge in [0.05, 0.1) is 11.1 Å². The molecule has 0 aliphatic carbocycles. The summed E-state index contributed by atoms with van der Waals surface area (Å²) in [4.78, 5) is 33.8. The monoisotopic (exact) mass is 496 g/mol. The van der Waals surface area contributed by atoms with Crippen LogP contribution in [0.1, 0.15) is 45.2 Å². The second-order valence-corrected chi connectivity index (χ2v) is 9.70. The van der Waals surface area contributed by atoms with Crippen LogP contribution >= 0.6 is 0 Å². The Kier molecular flexibility index (Phi) is 8.01. The zero-order chi connectivity index (χ0) is 25.8. The first-order valence-electron chi connectivity index (χ1n) is 12.5. The van der Waals surface area contributed by atoms with Gasteiger partial charge in [-0.1, -0.05) is 13.0 Å². The third-order valence-corrected chi connectivity index (χ3v) is 6.94. The Morgan fingerprint density at radius 1 is 0.972 bits per heavy atom. The van der Waals surface area contributed by atoms with Gasteiger partial charge in [0.1, 0.15) is 23.9 Å². The SMILES string of the molecule is CCCN(C)C(=O)c1cc(C(=O)N2Cc3ccc(OCCN4CCN(C)CC4)cc3C2)c(O)cc1O. The minimum atomic E-state index is -0.397. The molecule has 36 heavy (non-hydrogen) atoms. The number of carbonyl (C=O) groups is 2. The highest BCUT2D eigenvalue weighted by molar-refractivity contribution is 6.03. The number of phenolic OH excluding ortho intramolecular Hbond substituents is 2. The van der Waals surface area contributed by atoms with Crippen molar-refractivity contribution >= 4 is 11.8 Å². The van der Waals surface area contributed by atoms with E-state index >= 15 is 0 Å². The summed E-state index contributed by atoms with van der Waals surface area (Å²) in [6.07, 6.45) is 0.764. The van der Waals surface area contributed by atoms with Crippen molar-refractivity contribution in [2.75, 3.05) is 60.0 Å². The Balaban J connectivity index is 1.40. The Morgan fingerprint density at radius 3 is 2.39 bits per heavy atom. The predicted octanol–water partition coefficient (Wildman–Crippen LogP) is 2.36. The molecule has 0 bridgehead atoms. The van der Waals surface area contributed by atoms with Gasteiger partial charge in [-0.25, -0.2) is 0 Å². The normalized spacial score (nSPS) is 16.1. The highest BCUT2D eigenvalue weighted by Crippen LogP contribution is 2.33. The van der Waals surface area contributed by atoms with Crippen LogP contribution in [0.3, 0.4) is 0 Å². The van der Waals surface area contributed by atoms with E-state index in [-0.39, 0.29) is 22.6 Å². The number of aromatic hydroxyl groups is 2. The molecule has 0 aromatic heterocycles. The van der Waals surface area contributed by atoms with E-state index in [2.05, 4.69) is 16.8 Å². The molecule has 2 heterocycles. The number of hydrogen-bond donors (Lipinski definition) is 2. The van der Waals surface area contributed by atoms with E-state index in [0.717, 1.165) is 62.1 Å². The first-order chi connectivity index (χ1) is 17.3. The Labute approximate surface area is 212 Å².